The predicted molar refractivity (Wildman–Crippen MR) is 60.1 cm³/mol. The topological polar surface area (TPSA) is 69.6 Å². The van der Waals surface area contributed by atoms with E-state index in [2.05, 4.69) is 5.32 Å². The summed E-state index contributed by atoms with van der Waals surface area (Å²) in [6.07, 6.45) is 3.29. The van der Waals surface area contributed by atoms with Gasteiger partial charge in [0, 0.05) is 19.0 Å². The Hall–Kier alpha value is -1.10. The van der Waals surface area contributed by atoms with Crippen LogP contribution in [0.1, 0.15) is 32.6 Å². The third-order valence-electron chi connectivity index (χ3n) is 2.71. The zero-order valence-corrected chi connectivity index (χ0v) is 9.74. The van der Waals surface area contributed by atoms with Gasteiger partial charge in [0.25, 0.3) is 0 Å². The van der Waals surface area contributed by atoms with Crippen LogP contribution in [0.4, 0.5) is 0 Å². The van der Waals surface area contributed by atoms with Gasteiger partial charge in [0.1, 0.15) is 0 Å². The maximum Gasteiger partial charge on any atom is 0.317 e. The first kappa shape index (κ1) is 13.0. The second-order valence-corrected chi connectivity index (χ2v) is 4.29. The van der Waals surface area contributed by atoms with Gasteiger partial charge in [-0.1, -0.05) is 6.92 Å². The monoisotopic (exact) mass is 228 g/mol. The third-order valence-corrected chi connectivity index (χ3v) is 2.71. The number of carbonyl (C=O) groups is 2. The molecule has 1 heterocycles. The molecule has 0 saturated carbocycles. The summed E-state index contributed by atoms with van der Waals surface area (Å²) in [5.41, 5.74) is 0. The lowest BCUT2D eigenvalue weighted by Crippen LogP contribution is -2.48. The SMILES string of the molecule is CCCC(=O)NC1CCCN(CC(=O)O)C1. The molecule has 5 heteroatoms. The molecule has 0 spiro atoms. The summed E-state index contributed by atoms with van der Waals surface area (Å²) in [5, 5.41) is 11.6. The summed E-state index contributed by atoms with van der Waals surface area (Å²) in [6.45, 7) is 3.51. The highest BCUT2D eigenvalue weighted by atomic mass is 16.4. The van der Waals surface area contributed by atoms with Crippen LogP contribution in [0.5, 0.6) is 0 Å². The average molecular weight is 228 g/mol. The second kappa shape index (κ2) is 6.48. The van der Waals surface area contributed by atoms with Gasteiger partial charge >= 0.3 is 5.97 Å². The minimum absolute atomic E-state index is 0.0696. The Morgan fingerprint density at radius 2 is 2.25 bits per heavy atom. The Morgan fingerprint density at radius 1 is 1.50 bits per heavy atom. The van der Waals surface area contributed by atoms with Gasteiger partial charge in [-0.05, 0) is 25.8 Å². The first-order valence-corrected chi connectivity index (χ1v) is 5.85. The number of aliphatic carboxylic acids is 1. The van der Waals surface area contributed by atoms with Crippen LogP contribution in [0.2, 0.25) is 0 Å². The van der Waals surface area contributed by atoms with Crippen molar-refractivity contribution in [1.82, 2.24) is 10.2 Å². The molecule has 0 radical (unpaired) electrons. The maximum absolute atomic E-state index is 11.4. The van der Waals surface area contributed by atoms with Crippen LogP contribution in [0, 0.1) is 0 Å². The normalized spacial score (nSPS) is 21.7. The third kappa shape index (κ3) is 4.61. The van der Waals surface area contributed by atoms with E-state index in [4.69, 9.17) is 5.11 Å². The number of nitrogens with one attached hydrogen (secondary N) is 1. The summed E-state index contributed by atoms with van der Waals surface area (Å²) in [7, 11) is 0. The highest BCUT2D eigenvalue weighted by Crippen LogP contribution is 2.09. The minimum Gasteiger partial charge on any atom is -0.480 e. The van der Waals surface area contributed by atoms with Crippen LogP contribution in [0.3, 0.4) is 0 Å². The Morgan fingerprint density at radius 3 is 2.88 bits per heavy atom. The average Bonchev–Trinajstić information content (AvgIpc) is 2.17. The number of piperidine rings is 1. The fraction of sp³-hybridized carbons (Fsp3) is 0.818. The molecule has 0 bridgehead atoms. The van der Waals surface area contributed by atoms with Crippen molar-refractivity contribution < 1.29 is 14.7 Å². The molecular weight excluding hydrogens is 208 g/mol. The van der Waals surface area contributed by atoms with Gasteiger partial charge in [-0.2, -0.15) is 0 Å². The molecule has 1 saturated heterocycles. The lowest BCUT2D eigenvalue weighted by Gasteiger charge is -2.31. The van der Waals surface area contributed by atoms with E-state index >= 15 is 0 Å². The fourth-order valence-electron chi connectivity index (χ4n) is 2.04. The van der Waals surface area contributed by atoms with Gasteiger partial charge < -0.3 is 10.4 Å². The molecule has 1 amide bonds. The summed E-state index contributed by atoms with van der Waals surface area (Å²) >= 11 is 0. The van der Waals surface area contributed by atoms with E-state index in [0.717, 1.165) is 25.8 Å². The molecule has 0 aromatic rings. The fourth-order valence-corrected chi connectivity index (χ4v) is 2.04. The molecule has 1 rings (SSSR count). The Kier molecular flexibility index (Phi) is 5.25. The zero-order valence-electron chi connectivity index (χ0n) is 9.74. The van der Waals surface area contributed by atoms with Gasteiger partial charge in [-0.3, -0.25) is 14.5 Å². The number of likely N-dealkylation sites (tertiary alicyclic amines) is 1. The molecule has 1 aliphatic heterocycles. The molecule has 1 fully saturated rings. The van der Waals surface area contributed by atoms with E-state index in [1.807, 2.05) is 11.8 Å². The summed E-state index contributed by atoms with van der Waals surface area (Å²) in [6, 6.07) is 0.118. The number of carboxylic acids is 1. The van der Waals surface area contributed by atoms with Crippen molar-refractivity contribution in [2.24, 2.45) is 0 Å². The standard InChI is InChI=1S/C11H20N2O3/c1-2-4-10(14)12-9-5-3-6-13(7-9)8-11(15)16/h9H,2-8H2,1H3,(H,12,14)(H,15,16). The van der Waals surface area contributed by atoms with E-state index in [1.54, 1.807) is 0 Å². The van der Waals surface area contributed by atoms with E-state index < -0.39 is 5.97 Å². The van der Waals surface area contributed by atoms with Crippen molar-refractivity contribution in [3.05, 3.63) is 0 Å². The van der Waals surface area contributed by atoms with Crippen molar-refractivity contribution in [3.63, 3.8) is 0 Å². The van der Waals surface area contributed by atoms with Crippen molar-refractivity contribution in [3.8, 4) is 0 Å². The minimum atomic E-state index is -0.805. The number of rotatable bonds is 5. The van der Waals surface area contributed by atoms with Gasteiger partial charge in [0.05, 0.1) is 6.54 Å². The molecule has 0 aliphatic carbocycles. The van der Waals surface area contributed by atoms with E-state index in [1.165, 1.54) is 0 Å². The number of carbonyl (C=O) groups excluding carboxylic acids is 1. The van der Waals surface area contributed by atoms with Crippen molar-refractivity contribution in [1.29, 1.82) is 0 Å². The number of hydrogen-bond donors (Lipinski definition) is 2. The molecule has 5 nitrogen and oxygen atoms in total. The molecular formula is C11H20N2O3. The molecule has 0 aromatic heterocycles. The first-order valence-electron chi connectivity index (χ1n) is 5.85. The molecule has 1 atom stereocenters. The zero-order chi connectivity index (χ0) is 12.0. The largest absolute Gasteiger partial charge is 0.480 e. The van der Waals surface area contributed by atoms with E-state index in [-0.39, 0.29) is 18.5 Å². The van der Waals surface area contributed by atoms with Crippen LogP contribution in [0.15, 0.2) is 0 Å². The number of amides is 1. The second-order valence-electron chi connectivity index (χ2n) is 4.29. The molecule has 2 N–H and O–H groups in total. The van der Waals surface area contributed by atoms with Crippen molar-refractivity contribution in [2.75, 3.05) is 19.6 Å². The van der Waals surface area contributed by atoms with Crippen molar-refractivity contribution in [2.45, 2.75) is 38.6 Å². The smallest absolute Gasteiger partial charge is 0.317 e. The number of carboxylic acid groups (broad SMARTS) is 1. The van der Waals surface area contributed by atoms with Crippen molar-refractivity contribution >= 4 is 11.9 Å². The lowest BCUT2D eigenvalue weighted by molar-refractivity contribution is -0.138. The molecule has 0 aromatic carbocycles. The van der Waals surface area contributed by atoms with Crippen LogP contribution in [-0.2, 0) is 9.59 Å². The van der Waals surface area contributed by atoms with E-state index in [0.29, 0.717) is 13.0 Å². The number of nitrogens with zero attached hydrogens (tertiary/aromatic N) is 1. The van der Waals surface area contributed by atoms with Crippen LogP contribution < -0.4 is 5.32 Å². The van der Waals surface area contributed by atoms with Crippen LogP contribution >= 0.6 is 0 Å². The highest BCUT2D eigenvalue weighted by Gasteiger charge is 2.22. The van der Waals surface area contributed by atoms with E-state index in [9.17, 15) is 9.59 Å². The summed E-state index contributed by atoms with van der Waals surface area (Å²) in [5.74, 6) is -0.731. The first-order chi connectivity index (χ1) is 7.61. The maximum atomic E-state index is 11.4. The van der Waals surface area contributed by atoms with Gasteiger partial charge in [0.2, 0.25) is 5.91 Å². The van der Waals surface area contributed by atoms with Gasteiger partial charge in [-0.15, -0.1) is 0 Å². The quantitative estimate of drug-likeness (QED) is 0.717. The Bertz CT molecular complexity index is 256. The van der Waals surface area contributed by atoms with Crippen LogP contribution in [-0.4, -0.2) is 47.6 Å². The highest BCUT2D eigenvalue weighted by molar-refractivity contribution is 5.76. The number of hydrogen-bond acceptors (Lipinski definition) is 3. The molecule has 1 unspecified atom stereocenters. The van der Waals surface area contributed by atoms with Crippen LogP contribution in [0.25, 0.3) is 0 Å². The lowest BCUT2D eigenvalue weighted by atomic mass is 10.1. The molecule has 92 valence electrons. The molecule has 16 heavy (non-hydrogen) atoms. The van der Waals surface area contributed by atoms with Gasteiger partial charge in [0.15, 0.2) is 0 Å². The summed E-state index contributed by atoms with van der Waals surface area (Å²) in [4.78, 5) is 23.8. The Labute approximate surface area is 95.8 Å². The van der Waals surface area contributed by atoms with Gasteiger partial charge in [-0.25, -0.2) is 0 Å². The summed E-state index contributed by atoms with van der Waals surface area (Å²) < 4.78 is 0. The predicted octanol–water partition coefficient (Wildman–Crippen LogP) is 0.452. The Balaban J connectivity index is 2.32. The molecule has 1 aliphatic rings.